The summed E-state index contributed by atoms with van der Waals surface area (Å²) in [6.07, 6.45) is 7.20. The van der Waals surface area contributed by atoms with Gasteiger partial charge in [-0.05, 0) is 31.4 Å². The summed E-state index contributed by atoms with van der Waals surface area (Å²) in [6.45, 7) is 6.08. The Kier molecular flexibility index (Phi) is 3.80. The molecule has 1 aliphatic rings. The van der Waals surface area contributed by atoms with Gasteiger partial charge in [0.1, 0.15) is 0 Å². The van der Waals surface area contributed by atoms with Gasteiger partial charge < -0.3 is 14.6 Å². The van der Waals surface area contributed by atoms with Crippen molar-refractivity contribution in [1.29, 1.82) is 0 Å². The van der Waals surface area contributed by atoms with Gasteiger partial charge >= 0.3 is 0 Å². The van der Waals surface area contributed by atoms with Crippen molar-refractivity contribution in [3.05, 3.63) is 24.0 Å². The summed E-state index contributed by atoms with van der Waals surface area (Å²) < 4.78 is 7.75. The first kappa shape index (κ1) is 10.7. The van der Waals surface area contributed by atoms with Crippen LogP contribution in [0.3, 0.4) is 0 Å². The Morgan fingerprint density at radius 3 is 3.20 bits per heavy atom. The van der Waals surface area contributed by atoms with Crippen molar-refractivity contribution < 1.29 is 4.74 Å². The highest BCUT2D eigenvalue weighted by Crippen LogP contribution is 2.10. The fourth-order valence-electron chi connectivity index (χ4n) is 1.97. The maximum absolute atomic E-state index is 5.55. The lowest BCUT2D eigenvalue weighted by atomic mass is 10.2. The Labute approximate surface area is 91.4 Å². The van der Waals surface area contributed by atoms with E-state index in [1.54, 1.807) is 0 Å². The number of aromatic nitrogens is 1. The molecule has 1 N–H and O–H groups in total. The SMILES string of the molecule is CCn1ccc(CNCC2CCCO2)c1. The van der Waals surface area contributed by atoms with Crippen LogP contribution in [0.4, 0.5) is 0 Å². The van der Waals surface area contributed by atoms with Gasteiger partial charge in [0.2, 0.25) is 0 Å². The molecule has 1 aromatic heterocycles. The third kappa shape index (κ3) is 3.08. The second kappa shape index (κ2) is 5.33. The molecular weight excluding hydrogens is 188 g/mol. The van der Waals surface area contributed by atoms with Gasteiger partial charge in [-0.2, -0.15) is 0 Å². The molecule has 0 aliphatic carbocycles. The van der Waals surface area contributed by atoms with Gasteiger partial charge in [0.25, 0.3) is 0 Å². The minimum absolute atomic E-state index is 0.443. The van der Waals surface area contributed by atoms with E-state index in [-0.39, 0.29) is 0 Å². The van der Waals surface area contributed by atoms with E-state index < -0.39 is 0 Å². The summed E-state index contributed by atoms with van der Waals surface area (Å²) in [7, 11) is 0. The standard InChI is InChI=1S/C12H20N2O/c1-2-14-6-5-11(10-14)8-13-9-12-4-3-7-15-12/h5-6,10,12-13H,2-4,7-9H2,1H3. The lowest BCUT2D eigenvalue weighted by Crippen LogP contribution is -2.25. The first-order chi connectivity index (χ1) is 7.38. The van der Waals surface area contributed by atoms with Crippen molar-refractivity contribution in [3.63, 3.8) is 0 Å². The highest BCUT2D eigenvalue weighted by Gasteiger charge is 2.14. The average Bonchev–Trinajstić information content (AvgIpc) is 2.88. The van der Waals surface area contributed by atoms with E-state index in [1.807, 2.05) is 0 Å². The number of nitrogens with zero attached hydrogens (tertiary/aromatic N) is 1. The smallest absolute Gasteiger partial charge is 0.0700 e. The van der Waals surface area contributed by atoms with E-state index in [0.29, 0.717) is 6.10 Å². The fourth-order valence-corrected chi connectivity index (χ4v) is 1.97. The number of nitrogens with one attached hydrogen (secondary N) is 1. The van der Waals surface area contributed by atoms with Gasteiger partial charge in [-0.25, -0.2) is 0 Å². The Morgan fingerprint density at radius 2 is 2.53 bits per heavy atom. The van der Waals surface area contributed by atoms with Crippen LogP contribution in [0.25, 0.3) is 0 Å². The second-order valence-corrected chi connectivity index (χ2v) is 4.12. The van der Waals surface area contributed by atoms with Crippen molar-refractivity contribution >= 4 is 0 Å². The van der Waals surface area contributed by atoms with Crippen LogP contribution < -0.4 is 5.32 Å². The van der Waals surface area contributed by atoms with Crippen LogP contribution in [-0.2, 0) is 17.8 Å². The first-order valence-corrected chi connectivity index (χ1v) is 5.85. The number of ether oxygens (including phenoxy) is 1. The molecule has 0 radical (unpaired) electrons. The van der Waals surface area contributed by atoms with Gasteiger partial charge in [0, 0.05) is 38.6 Å². The average molecular weight is 208 g/mol. The van der Waals surface area contributed by atoms with Crippen LogP contribution >= 0.6 is 0 Å². The fraction of sp³-hybridized carbons (Fsp3) is 0.667. The third-order valence-electron chi connectivity index (χ3n) is 2.90. The van der Waals surface area contributed by atoms with Gasteiger partial charge in [-0.3, -0.25) is 0 Å². The number of hydrogen-bond acceptors (Lipinski definition) is 2. The Hall–Kier alpha value is -0.800. The molecule has 1 atom stereocenters. The summed E-state index contributed by atoms with van der Waals surface area (Å²) in [4.78, 5) is 0. The molecule has 3 nitrogen and oxygen atoms in total. The predicted octanol–water partition coefficient (Wildman–Crippen LogP) is 1.78. The number of rotatable bonds is 5. The minimum atomic E-state index is 0.443. The highest BCUT2D eigenvalue weighted by molar-refractivity contribution is 5.09. The molecule has 84 valence electrons. The van der Waals surface area contributed by atoms with E-state index >= 15 is 0 Å². The zero-order valence-electron chi connectivity index (χ0n) is 9.41. The summed E-state index contributed by atoms with van der Waals surface area (Å²) in [5.74, 6) is 0. The van der Waals surface area contributed by atoms with Crippen LogP contribution in [0.2, 0.25) is 0 Å². The van der Waals surface area contributed by atoms with Crippen LogP contribution in [0.5, 0.6) is 0 Å². The summed E-state index contributed by atoms with van der Waals surface area (Å²) in [6, 6.07) is 2.17. The molecule has 3 heteroatoms. The molecule has 1 saturated heterocycles. The normalized spacial score (nSPS) is 21.0. The highest BCUT2D eigenvalue weighted by atomic mass is 16.5. The number of hydrogen-bond donors (Lipinski definition) is 1. The molecular formula is C12H20N2O. The molecule has 0 saturated carbocycles. The van der Waals surface area contributed by atoms with Crippen molar-refractivity contribution in [3.8, 4) is 0 Å². The molecule has 2 heterocycles. The van der Waals surface area contributed by atoms with Crippen molar-refractivity contribution in [2.24, 2.45) is 0 Å². The van der Waals surface area contributed by atoms with Crippen LogP contribution in [-0.4, -0.2) is 23.8 Å². The molecule has 15 heavy (non-hydrogen) atoms. The first-order valence-electron chi connectivity index (χ1n) is 5.85. The van der Waals surface area contributed by atoms with E-state index in [4.69, 9.17) is 4.74 Å². The van der Waals surface area contributed by atoms with Crippen LogP contribution in [0.1, 0.15) is 25.3 Å². The van der Waals surface area contributed by atoms with Crippen LogP contribution in [0.15, 0.2) is 18.5 Å². The predicted molar refractivity (Wildman–Crippen MR) is 60.8 cm³/mol. The van der Waals surface area contributed by atoms with E-state index in [2.05, 4.69) is 35.3 Å². The second-order valence-electron chi connectivity index (χ2n) is 4.12. The molecule has 1 aliphatic heterocycles. The molecule has 1 fully saturated rings. The van der Waals surface area contributed by atoms with Crippen molar-refractivity contribution in [2.75, 3.05) is 13.2 Å². The maximum atomic E-state index is 5.55. The zero-order valence-corrected chi connectivity index (χ0v) is 9.41. The lowest BCUT2D eigenvalue weighted by molar-refractivity contribution is 0.110. The molecule has 0 aromatic carbocycles. The lowest BCUT2D eigenvalue weighted by Gasteiger charge is -2.09. The van der Waals surface area contributed by atoms with E-state index in [1.165, 1.54) is 18.4 Å². The van der Waals surface area contributed by atoms with Crippen molar-refractivity contribution in [2.45, 2.75) is 39.0 Å². The van der Waals surface area contributed by atoms with E-state index in [9.17, 15) is 0 Å². The molecule has 1 aromatic rings. The van der Waals surface area contributed by atoms with E-state index in [0.717, 1.165) is 26.2 Å². The molecule has 2 rings (SSSR count). The Balaban J connectivity index is 1.68. The zero-order chi connectivity index (χ0) is 10.5. The molecule has 1 unspecified atom stereocenters. The van der Waals surface area contributed by atoms with Gasteiger partial charge in [-0.1, -0.05) is 0 Å². The Bertz CT molecular complexity index is 290. The van der Waals surface area contributed by atoms with Gasteiger partial charge in [0.15, 0.2) is 0 Å². The topological polar surface area (TPSA) is 26.2 Å². The summed E-state index contributed by atoms with van der Waals surface area (Å²) in [5, 5.41) is 3.44. The van der Waals surface area contributed by atoms with Gasteiger partial charge in [-0.15, -0.1) is 0 Å². The quantitative estimate of drug-likeness (QED) is 0.798. The minimum Gasteiger partial charge on any atom is -0.377 e. The number of aryl methyl sites for hydroxylation is 1. The summed E-state index contributed by atoms with van der Waals surface area (Å²) in [5.41, 5.74) is 1.36. The summed E-state index contributed by atoms with van der Waals surface area (Å²) >= 11 is 0. The van der Waals surface area contributed by atoms with Gasteiger partial charge in [0.05, 0.1) is 6.10 Å². The van der Waals surface area contributed by atoms with Crippen LogP contribution in [0, 0.1) is 0 Å². The third-order valence-corrected chi connectivity index (χ3v) is 2.90. The van der Waals surface area contributed by atoms with Crippen molar-refractivity contribution in [1.82, 2.24) is 9.88 Å². The molecule has 0 amide bonds. The monoisotopic (exact) mass is 208 g/mol. The molecule has 0 spiro atoms. The molecule has 0 bridgehead atoms. The largest absolute Gasteiger partial charge is 0.377 e. The maximum Gasteiger partial charge on any atom is 0.0700 e. The Morgan fingerprint density at radius 1 is 1.60 bits per heavy atom.